The number of benzene rings is 2. The predicted octanol–water partition coefficient (Wildman–Crippen LogP) is 5.22. The molecule has 2 aromatic carbocycles. The maximum absolute atomic E-state index is 5.29. The maximum atomic E-state index is 5.29. The molecule has 2 heteroatoms. The molecule has 2 atom stereocenters. The van der Waals surface area contributed by atoms with Gasteiger partial charge in [0.2, 0.25) is 0 Å². The van der Waals surface area contributed by atoms with Crippen molar-refractivity contribution in [3.8, 4) is 0 Å². The molecule has 2 nitrogen and oxygen atoms in total. The van der Waals surface area contributed by atoms with E-state index in [1.165, 1.54) is 11.1 Å². The Labute approximate surface area is 135 Å². The van der Waals surface area contributed by atoms with E-state index in [0.717, 1.165) is 13.0 Å². The number of rotatable bonds is 6. The smallest absolute Gasteiger partial charge is 0.0818 e. The Morgan fingerprint density at radius 2 is 1.32 bits per heavy atom. The van der Waals surface area contributed by atoms with Crippen LogP contribution in [-0.4, -0.2) is 20.8 Å². The molecule has 0 aliphatic heterocycles. The normalized spacial score (nSPS) is 12.9. The van der Waals surface area contributed by atoms with E-state index in [9.17, 15) is 0 Å². The maximum Gasteiger partial charge on any atom is 0.0818 e. The van der Waals surface area contributed by atoms with Crippen molar-refractivity contribution in [3.63, 3.8) is 0 Å². The average Bonchev–Trinajstić information content (AvgIpc) is 2.59. The van der Waals surface area contributed by atoms with Crippen molar-refractivity contribution in [2.75, 3.05) is 20.8 Å². The molecule has 0 saturated carbocycles. The summed E-state index contributed by atoms with van der Waals surface area (Å²) in [6.07, 6.45) is 1.29. The van der Waals surface area contributed by atoms with Crippen molar-refractivity contribution in [2.45, 2.75) is 32.3 Å². The van der Waals surface area contributed by atoms with Crippen molar-refractivity contribution >= 4 is 0 Å². The highest BCUT2D eigenvalue weighted by molar-refractivity contribution is 5.18. The summed E-state index contributed by atoms with van der Waals surface area (Å²) in [4.78, 5) is 0. The van der Waals surface area contributed by atoms with Crippen LogP contribution in [0.1, 0.15) is 43.4 Å². The van der Waals surface area contributed by atoms with E-state index in [1.807, 2.05) is 24.3 Å². The molecule has 0 amide bonds. The Kier molecular flexibility index (Phi) is 9.20. The minimum atomic E-state index is 0.260. The van der Waals surface area contributed by atoms with Crippen molar-refractivity contribution in [1.82, 2.24) is 0 Å². The first-order valence-corrected chi connectivity index (χ1v) is 7.84. The van der Waals surface area contributed by atoms with Crippen LogP contribution in [0.3, 0.4) is 0 Å². The average molecular weight is 300 g/mol. The molecular formula is C20H28O2. The van der Waals surface area contributed by atoms with Gasteiger partial charge in [-0.15, -0.1) is 0 Å². The summed E-state index contributed by atoms with van der Waals surface area (Å²) in [6, 6.07) is 20.7. The van der Waals surface area contributed by atoms with E-state index in [2.05, 4.69) is 50.2 Å². The van der Waals surface area contributed by atoms with Gasteiger partial charge in [0.25, 0.3) is 0 Å². The molecule has 0 aliphatic rings. The van der Waals surface area contributed by atoms with Gasteiger partial charge in [-0.1, -0.05) is 74.5 Å². The molecule has 0 bridgehead atoms. The lowest BCUT2D eigenvalue weighted by Gasteiger charge is -2.12. The van der Waals surface area contributed by atoms with Gasteiger partial charge in [0.05, 0.1) is 12.7 Å². The van der Waals surface area contributed by atoms with Gasteiger partial charge >= 0.3 is 0 Å². The van der Waals surface area contributed by atoms with Crippen LogP contribution in [0.15, 0.2) is 60.7 Å². The van der Waals surface area contributed by atoms with Crippen LogP contribution in [0.5, 0.6) is 0 Å². The van der Waals surface area contributed by atoms with Gasteiger partial charge in [-0.25, -0.2) is 0 Å². The molecule has 2 rings (SSSR count). The quantitative estimate of drug-likeness (QED) is 0.728. The molecule has 2 unspecified atom stereocenters. The minimum Gasteiger partial charge on any atom is -0.384 e. The summed E-state index contributed by atoms with van der Waals surface area (Å²) < 4.78 is 10.3. The van der Waals surface area contributed by atoms with Crippen LogP contribution in [0.25, 0.3) is 0 Å². The Balaban J connectivity index is 0.000000220. The molecule has 0 radical (unpaired) electrons. The minimum absolute atomic E-state index is 0.260. The molecular weight excluding hydrogens is 272 g/mol. The predicted molar refractivity (Wildman–Crippen MR) is 93.2 cm³/mol. The first-order chi connectivity index (χ1) is 10.7. The van der Waals surface area contributed by atoms with Crippen LogP contribution < -0.4 is 0 Å². The number of methoxy groups -OCH3 is 2. The van der Waals surface area contributed by atoms with Gasteiger partial charge in [-0.05, 0) is 17.5 Å². The third-order valence-corrected chi connectivity index (χ3v) is 3.61. The monoisotopic (exact) mass is 300 g/mol. The molecule has 0 aliphatic carbocycles. The Bertz CT molecular complexity index is 478. The lowest BCUT2D eigenvalue weighted by Crippen LogP contribution is -2.00. The summed E-state index contributed by atoms with van der Waals surface area (Å²) in [5.74, 6) is 0.501. The van der Waals surface area contributed by atoms with Gasteiger partial charge in [-0.2, -0.15) is 0 Å². The summed E-state index contributed by atoms with van der Waals surface area (Å²) in [6.45, 7) is 5.09. The van der Waals surface area contributed by atoms with Crippen LogP contribution in [0, 0.1) is 0 Å². The van der Waals surface area contributed by atoms with Crippen LogP contribution >= 0.6 is 0 Å². The summed E-state index contributed by atoms with van der Waals surface area (Å²) >= 11 is 0. The van der Waals surface area contributed by atoms with Gasteiger partial charge < -0.3 is 9.47 Å². The second-order valence-electron chi connectivity index (χ2n) is 5.31. The largest absolute Gasteiger partial charge is 0.384 e. The fourth-order valence-electron chi connectivity index (χ4n) is 2.33. The molecule has 22 heavy (non-hydrogen) atoms. The van der Waals surface area contributed by atoms with Crippen LogP contribution in [-0.2, 0) is 9.47 Å². The fraction of sp³-hybridized carbons (Fsp3) is 0.400. The van der Waals surface area contributed by atoms with Crippen molar-refractivity contribution in [2.24, 2.45) is 0 Å². The highest BCUT2D eigenvalue weighted by Crippen LogP contribution is 2.18. The number of ether oxygens (including phenoxy) is 2. The van der Waals surface area contributed by atoms with E-state index in [4.69, 9.17) is 9.47 Å². The number of hydrogen-bond acceptors (Lipinski definition) is 2. The molecule has 120 valence electrons. The molecule has 0 saturated heterocycles. The zero-order valence-corrected chi connectivity index (χ0v) is 14.2. The summed E-state index contributed by atoms with van der Waals surface area (Å²) in [5.41, 5.74) is 2.60. The van der Waals surface area contributed by atoms with Crippen LogP contribution in [0.2, 0.25) is 0 Å². The Hall–Kier alpha value is -1.64. The van der Waals surface area contributed by atoms with Gasteiger partial charge in [0.1, 0.15) is 0 Å². The molecule has 0 N–H and O–H groups in total. The number of hydrogen-bond donors (Lipinski definition) is 0. The van der Waals surface area contributed by atoms with Gasteiger partial charge in [0, 0.05) is 20.1 Å². The van der Waals surface area contributed by atoms with Crippen LogP contribution in [0.4, 0.5) is 0 Å². The van der Waals surface area contributed by atoms with E-state index in [1.54, 1.807) is 14.2 Å². The lowest BCUT2D eigenvalue weighted by atomic mass is 10.0. The van der Waals surface area contributed by atoms with E-state index in [-0.39, 0.29) is 6.10 Å². The highest BCUT2D eigenvalue weighted by Gasteiger charge is 2.05. The third kappa shape index (κ3) is 6.42. The SMILES string of the molecule is CCC(OC)c1ccccc1.COCC(C)c1ccccc1. The van der Waals surface area contributed by atoms with E-state index < -0.39 is 0 Å². The second kappa shape index (κ2) is 11.0. The zero-order valence-electron chi connectivity index (χ0n) is 14.2. The molecule has 2 aromatic rings. The second-order valence-corrected chi connectivity index (χ2v) is 5.31. The van der Waals surface area contributed by atoms with E-state index >= 15 is 0 Å². The topological polar surface area (TPSA) is 18.5 Å². The lowest BCUT2D eigenvalue weighted by molar-refractivity contribution is 0.100. The van der Waals surface area contributed by atoms with Crippen molar-refractivity contribution < 1.29 is 9.47 Å². The van der Waals surface area contributed by atoms with Gasteiger partial charge in [0.15, 0.2) is 0 Å². The summed E-state index contributed by atoms with van der Waals surface area (Å²) in [5, 5.41) is 0. The first-order valence-electron chi connectivity index (χ1n) is 7.84. The molecule has 0 aromatic heterocycles. The standard InChI is InChI=1S/2C10H14O/c1-9(8-11-2)10-6-4-3-5-7-10;1-3-10(11-2)9-7-5-4-6-8-9/h3-7,9H,8H2,1-2H3;4-8,10H,3H2,1-2H3. The molecule has 0 fully saturated rings. The Morgan fingerprint density at radius 3 is 1.73 bits per heavy atom. The Morgan fingerprint density at radius 1 is 0.818 bits per heavy atom. The summed E-state index contributed by atoms with van der Waals surface area (Å²) in [7, 11) is 3.49. The van der Waals surface area contributed by atoms with Crippen molar-refractivity contribution in [1.29, 1.82) is 0 Å². The highest BCUT2D eigenvalue weighted by atomic mass is 16.5. The van der Waals surface area contributed by atoms with E-state index in [0.29, 0.717) is 5.92 Å². The third-order valence-electron chi connectivity index (χ3n) is 3.61. The fourth-order valence-corrected chi connectivity index (χ4v) is 2.33. The van der Waals surface area contributed by atoms with Gasteiger partial charge in [-0.3, -0.25) is 0 Å². The molecule has 0 spiro atoms. The van der Waals surface area contributed by atoms with Crippen molar-refractivity contribution in [3.05, 3.63) is 71.8 Å². The molecule has 0 heterocycles. The zero-order chi connectivity index (χ0) is 16.2. The first kappa shape index (κ1) is 18.4.